The topological polar surface area (TPSA) is 6.48 Å². The normalized spacial score (nSPS) is 13.6. The molecular formula is C57H40N2S2. The molecule has 0 radical (unpaired) electrons. The Morgan fingerprint density at radius 1 is 0.344 bits per heavy atom. The highest BCUT2D eigenvalue weighted by Crippen LogP contribution is 2.48. The van der Waals surface area contributed by atoms with Crippen molar-refractivity contribution in [1.82, 2.24) is 0 Å². The summed E-state index contributed by atoms with van der Waals surface area (Å²) in [4.78, 5) is 4.83. The van der Waals surface area contributed by atoms with Gasteiger partial charge in [-0.25, -0.2) is 0 Å². The molecule has 11 aromatic rings. The highest BCUT2D eigenvalue weighted by atomic mass is 32.1. The van der Waals surface area contributed by atoms with Crippen LogP contribution in [0.3, 0.4) is 0 Å². The maximum Gasteiger partial charge on any atom is 0.0476 e. The van der Waals surface area contributed by atoms with Crippen molar-refractivity contribution in [2.24, 2.45) is 0 Å². The predicted octanol–water partition coefficient (Wildman–Crippen LogP) is 17.1. The van der Waals surface area contributed by atoms with Gasteiger partial charge in [0, 0.05) is 80.4 Å². The molecule has 1 aliphatic carbocycles. The molecule has 9 aromatic carbocycles. The molecule has 1 aliphatic rings. The zero-order valence-electron chi connectivity index (χ0n) is 33.4. The standard InChI is InChI=1S/C57H40N2S2/c1-4-14-38(15-5-1)46-30-25-39-24-26-42(34-52(39)48-21-11-10-20-47(46)48)59(44-27-31-50-49-22-12-13-23-54(49)60-56(50)36-44)45-28-32-51-53-35-43(29-33-55(53)61-57(51)37-45)58(40-16-6-2-7-17-40)41-18-8-3-9-19-41/h1-24,26-29,31-37,46H,25,30H2. The number of nitrogens with zero attached hydrogens (tertiary/aromatic N) is 2. The van der Waals surface area contributed by atoms with Crippen molar-refractivity contribution in [2.75, 3.05) is 9.80 Å². The minimum absolute atomic E-state index is 0.350. The molecule has 2 aromatic heterocycles. The molecule has 0 amide bonds. The first kappa shape index (κ1) is 35.9. The second-order valence-electron chi connectivity index (χ2n) is 16.0. The molecule has 2 nitrogen and oxygen atoms in total. The van der Waals surface area contributed by atoms with Crippen LogP contribution in [0.25, 0.3) is 51.5 Å². The summed E-state index contributed by atoms with van der Waals surface area (Å²) in [5.41, 5.74) is 13.8. The van der Waals surface area contributed by atoms with Crippen molar-refractivity contribution in [3.05, 3.63) is 229 Å². The fourth-order valence-corrected chi connectivity index (χ4v) is 11.9. The van der Waals surface area contributed by atoms with Crippen LogP contribution in [0.1, 0.15) is 29.0 Å². The molecule has 0 spiro atoms. The average Bonchev–Trinajstić information content (AvgIpc) is 3.83. The van der Waals surface area contributed by atoms with Crippen LogP contribution in [0, 0.1) is 0 Å². The molecule has 0 N–H and O–H groups in total. The lowest BCUT2D eigenvalue weighted by atomic mass is 9.86. The van der Waals surface area contributed by atoms with Gasteiger partial charge in [0.05, 0.1) is 0 Å². The van der Waals surface area contributed by atoms with Gasteiger partial charge in [-0.2, -0.15) is 0 Å². The Labute approximate surface area is 363 Å². The quantitative estimate of drug-likeness (QED) is 0.158. The number of aryl methyl sites for hydroxylation is 1. The largest absolute Gasteiger partial charge is 0.310 e. The Balaban J connectivity index is 1.01. The van der Waals surface area contributed by atoms with Crippen LogP contribution in [0.15, 0.2) is 212 Å². The lowest BCUT2D eigenvalue weighted by Gasteiger charge is -2.27. The van der Waals surface area contributed by atoms with E-state index in [2.05, 4.69) is 222 Å². The van der Waals surface area contributed by atoms with Gasteiger partial charge in [0.15, 0.2) is 0 Å². The SMILES string of the molecule is c1ccc(C2CCc3ccc(N(c4ccc5c(c4)sc4ccccc45)c4ccc5c(c4)sc4ccc(N(c6ccccc6)c6ccccc6)cc45)cc3-c3ccccc32)cc1. The molecule has 0 fully saturated rings. The van der Waals surface area contributed by atoms with Crippen LogP contribution >= 0.6 is 22.7 Å². The van der Waals surface area contributed by atoms with Gasteiger partial charge in [0.2, 0.25) is 0 Å². The van der Waals surface area contributed by atoms with Crippen LogP contribution in [0.5, 0.6) is 0 Å². The number of anilines is 6. The van der Waals surface area contributed by atoms with Crippen molar-refractivity contribution in [3.63, 3.8) is 0 Å². The van der Waals surface area contributed by atoms with Gasteiger partial charge in [-0.05, 0) is 126 Å². The summed E-state index contributed by atoms with van der Waals surface area (Å²) in [6.45, 7) is 0. The van der Waals surface area contributed by atoms with Crippen molar-refractivity contribution in [2.45, 2.75) is 18.8 Å². The summed E-state index contributed by atoms with van der Waals surface area (Å²) >= 11 is 3.75. The highest BCUT2D eigenvalue weighted by molar-refractivity contribution is 7.26. The number of para-hydroxylation sites is 2. The maximum absolute atomic E-state index is 2.48. The molecule has 12 rings (SSSR count). The van der Waals surface area contributed by atoms with E-state index >= 15 is 0 Å². The number of rotatable bonds is 7. The van der Waals surface area contributed by atoms with Gasteiger partial charge in [0.25, 0.3) is 0 Å². The predicted molar refractivity (Wildman–Crippen MR) is 264 cm³/mol. The number of hydrogen-bond acceptors (Lipinski definition) is 4. The van der Waals surface area contributed by atoms with E-state index in [1.807, 2.05) is 22.7 Å². The molecule has 1 atom stereocenters. The van der Waals surface area contributed by atoms with Gasteiger partial charge < -0.3 is 9.80 Å². The van der Waals surface area contributed by atoms with E-state index < -0.39 is 0 Å². The lowest BCUT2D eigenvalue weighted by Crippen LogP contribution is -2.10. The molecular weight excluding hydrogens is 777 g/mol. The van der Waals surface area contributed by atoms with E-state index in [0.29, 0.717) is 5.92 Å². The van der Waals surface area contributed by atoms with Gasteiger partial charge in [-0.3, -0.25) is 0 Å². The zero-order valence-corrected chi connectivity index (χ0v) is 35.0. The van der Waals surface area contributed by atoms with Crippen LogP contribution < -0.4 is 9.80 Å². The Hall–Kier alpha value is -6.98. The molecule has 0 bridgehead atoms. The second kappa shape index (κ2) is 14.9. The third-order valence-electron chi connectivity index (χ3n) is 12.5. The molecule has 1 unspecified atom stereocenters. The summed E-state index contributed by atoms with van der Waals surface area (Å²) in [5, 5.41) is 5.17. The van der Waals surface area contributed by atoms with E-state index in [1.165, 1.54) is 68.2 Å². The fourth-order valence-electron chi connectivity index (χ4n) is 9.64. The molecule has 2 heterocycles. The van der Waals surface area contributed by atoms with E-state index in [-0.39, 0.29) is 0 Å². The second-order valence-corrected chi connectivity index (χ2v) is 18.2. The first-order chi connectivity index (χ1) is 30.2. The van der Waals surface area contributed by atoms with E-state index in [0.717, 1.165) is 47.0 Å². The van der Waals surface area contributed by atoms with Gasteiger partial charge in [-0.15, -0.1) is 22.7 Å². The molecule has 0 saturated heterocycles. The number of benzene rings is 9. The summed E-state index contributed by atoms with van der Waals surface area (Å²) in [5.74, 6) is 0.350. The lowest BCUT2D eigenvalue weighted by molar-refractivity contribution is 0.726. The van der Waals surface area contributed by atoms with Crippen molar-refractivity contribution < 1.29 is 0 Å². The van der Waals surface area contributed by atoms with Crippen LogP contribution in [-0.2, 0) is 6.42 Å². The van der Waals surface area contributed by atoms with Crippen LogP contribution in [0.4, 0.5) is 34.1 Å². The molecule has 4 heteroatoms. The Morgan fingerprint density at radius 3 is 1.57 bits per heavy atom. The van der Waals surface area contributed by atoms with Crippen molar-refractivity contribution >= 4 is 97.1 Å². The monoisotopic (exact) mass is 816 g/mol. The fraction of sp³-hybridized carbons (Fsp3) is 0.0526. The van der Waals surface area contributed by atoms with E-state index in [4.69, 9.17) is 0 Å². The van der Waals surface area contributed by atoms with E-state index in [1.54, 1.807) is 0 Å². The van der Waals surface area contributed by atoms with Crippen LogP contribution in [0.2, 0.25) is 0 Å². The summed E-state index contributed by atoms with van der Waals surface area (Å²) in [6, 6.07) is 78.5. The molecule has 0 aliphatic heterocycles. The van der Waals surface area contributed by atoms with Gasteiger partial charge >= 0.3 is 0 Å². The number of thiophene rings is 2. The first-order valence-electron chi connectivity index (χ1n) is 21.1. The van der Waals surface area contributed by atoms with E-state index in [9.17, 15) is 0 Å². The molecule has 0 saturated carbocycles. The zero-order chi connectivity index (χ0) is 40.3. The number of fused-ring (bicyclic) bond motifs is 9. The average molecular weight is 817 g/mol. The first-order valence-corrected chi connectivity index (χ1v) is 22.7. The molecule has 61 heavy (non-hydrogen) atoms. The smallest absolute Gasteiger partial charge is 0.0476 e. The summed E-state index contributed by atoms with van der Waals surface area (Å²) in [6.07, 6.45) is 2.11. The minimum Gasteiger partial charge on any atom is -0.310 e. The third kappa shape index (κ3) is 6.30. The van der Waals surface area contributed by atoms with Gasteiger partial charge in [0.1, 0.15) is 0 Å². The third-order valence-corrected chi connectivity index (χ3v) is 14.8. The Bertz CT molecular complexity index is 3350. The highest BCUT2D eigenvalue weighted by Gasteiger charge is 2.25. The van der Waals surface area contributed by atoms with Gasteiger partial charge in [-0.1, -0.05) is 127 Å². The molecule has 290 valence electrons. The summed E-state index contributed by atoms with van der Waals surface area (Å²) < 4.78 is 5.17. The Morgan fingerprint density at radius 2 is 0.852 bits per heavy atom. The summed E-state index contributed by atoms with van der Waals surface area (Å²) in [7, 11) is 0. The minimum atomic E-state index is 0.350. The number of hydrogen-bond donors (Lipinski definition) is 0. The van der Waals surface area contributed by atoms with Crippen molar-refractivity contribution in [3.8, 4) is 11.1 Å². The maximum atomic E-state index is 2.48. The Kier molecular flexibility index (Phi) is 8.79. The van der Waals surface area contributed by atoms with Crippen LogP contribution in [-0.4, -0.2) is 0 Å². The van der Waals surface area contributed by atoms with Crippen molar-refractivity contribution in [1.29, 1.82) is 0 Å².